The van der Waals surface area contributed by atoms with E-state index in [2.05, 4.69) is 0 Å². The minimum atomic E-state index is -0.191. The summed E-state index contributed by atoms with van der Waals surface area (Å²) in [6.07, 6.45) is 1.96. The monoisotopic (exact) mass is 405 g/mol. The Balaban J connectivity index is 1.67. The van der Waals surface area contributed by atoms with E-state index in [1.165, 1.54) is 0 Å². The number of ketones is 1. The van der Waals surface area contributed by atoms with Gasteiger partial charge in [0.05, 0.1) is 15.6 Å². The maximum Gasteiger partial charge on any atom is 0.257 e. The molecule has 0 unspecified atom stereocenters. The van der Waals surface area contributed by atoms with Gasteiger partial charge in [-0.05, 0) is 55.2 Å². The Morgan fingerprint density at radius 3 is 2.41 bits per heavy atom. The highest BCUT2D eigenvalue weighted by molar-refractivity contribution is 6.42. The van der Waals surface area contributed by atoms with Crippen LogP contribution in [0.1, 0.15) is 46.0 Å². The molecule has 0 radical (unpaired) electrons. The minimum Gasteiger partial charge on any atom is -0.507 e. The van der Waals surface area contributed by atoms with Gasteiger partial charge in [-0.25, -0.2) is 0 Å². The van der Waals surface area contributed by atoms with Gasteiger partial charge in [0.1, 0.15) is 5.75 Å². The van der Waals surface area contributed by atoms with Crippen molar-refractivity contribution in [3.8, 4) is 5.75 Å². The smallest absolute Gasteiger partial charge is 0.257 e. The fourth-order valence-corrected chi connectivity index (χ4v) is 3.67. The number of amides is 1. The Morgan fingerprint density at radius 2 is 1.78 bits per heavy atom. The van der Waals surface area contributed by atoms with Crippen LogP contribution < -0.4 is 0 Å². The van der Waals surface area contributed by atoms with E-state index < -0.39 is 0 Å². The number of benzene rings is 2. The first-order valence-electron chi connectivity index (χ1n) is 9.01. The first-order chi connectivity index (χ1) is 12.9. The molecule has 3 rings (SSSR count). The molecule has 1 aliphatic heterocycles. The van der Waals surface area contributed by atoms with E-state index in [0.717, 1.165) is 12.0 Å². The third kappa shape index (κ3) is 4.28. The molecule has 0 aromatic heterocycles. The van der Waals surface area contributed by atoms with Crippen LogP contribution in [-0.4, -0.2) is 34.8 Å². The van der Waals surface area contributed by atoms with Crippen LogP contribution in [0.4, 0.5) is 0 Å². The minimum absolute atomic E-state index is 0.00814. The molecule has 4 nitrogen and oxygen atoms in total. The summed E-state index contributed by atoms with van der Waals surface area (Å²) < 4.78 is 0. The molecular weight excluding hydrogens is 385 g/mol. The van der Waals surface area contributed by atoms with Crippen LogP contribution in [0.3, 0.4) is 0 Å². The van der Waals surface area contributed by atoms with Crippen molar-refractivity contribution in [1.29, 1.82) is 0 Å². The van der Waals surface area contributed by atoms with E-state index in [4.69, 9.17) is 23.2 Å². The molecule has 1 aliphatic rings. The van der Waals surface area contributed by atoms with E-state index >= 15 is 0 Å². The van der Waals surface area contributed by atoms with Crippen LogP contribution in [0.5, 0.6) is 5.75 Å². The van der Waals surface area contributed by atoms with Gasteiger partial charge in [0.15, 0.2) is 5.78 Å². The van der Waals surface area contributed by atoms with Gasteiger partial charge in [-0.3, -0.25) is 9.59 Å². The van der Waals surface area contributed by atoms with Crippen LogP contribution in [0, 0.1) is 5.92 Å². The number of carbonyl (C=O) groups excluding carboxylic acids is 2. The number of hydrogen-bond acceptors (Lipinski definition) is 3. The highest BCUT2D eigenvalue weighted by Crippen LogP contribution is 2.28. The highest BCUT2D eigenvalue weighted by Gasteiger charge is 2.29. The molecule has 0 bridgehead atoms. The van der Waals surface area contributed by atoms with Crippen molar-refractivity contribution in [3.05, 3.63) is 63.1 Å². The molecule has 1 N–H and O–H groups in total. The molecule has 2 aromatic carbocycles. The topological polar surface area (TPSA) is 57.6 Å². The largest absolute Gasteiger partial charge is 0.507 e. The number of Topliss-reactive ketones (excluding diaryl/α,β-unsaturated/α-hetero) is 1. The van der Waals surface area contributed by atoms with E-state index in [0.29, 0.717) is 47.1 Å². The van der Waals surface area contributed by atoms with Gasteiger partial charge >= 0.3 is 0 Å². The summed E-state index contributed by atoms with van der Waals surface area (Å²) in [7, 11) is 0. The van der Waals surface area contributed by atoms with Crippen molar-refractivity contribution in [3.63, 3.8) is 0 Å². The Labute approximate surface area is 168 Å². The van der Waals surface area contributed by atoms with Crippen LogP contribution in [0.25, 0.3) is 0 Å². The zero-order valence-corrected chi connectivity index (χ0v) is 16.6. The summed E-state index contributed by atoms with van der Waals surface area (Å²) in [5.74, 6) is -0.326. The highest BCUT2D eigenvalue weighted by atomic mass is 35.5. The number of phenols is 1. The quantitative estimate of drug-likeness (QED) is 0.728. The summed E-state index contributed by atoms with van der Waals surface area (Å²) in [6, 6.07) is 10.0. The second-order valence-corrected chi connectivity index (χ2v) is 7.58. The van der Waals surface area contributed by atoms with Crippen LogP contribution >= 0.6 is 23.2 Å². The SMILES string of the molecule is CCc1ccc(O)c(C(=O)N2CCC(C(=O)c3ccc(Cl)c(Cl)c3)CC2)c1. The zero-order chi connectivity index (χ0) is 19.6. The third-order valence-electron chi connectivity index (χ3n) is 5.06. The molecule has 2 aromatic rings. The standard InChI is InChI=1S/C21H21Cl2NO3/c1-2-13-3-6-19(25)16(11-13)21(27)24-9-7-14(8-10-24)20(26)15-4-5-17(22)18(23)12-15/h3-6,11-12,14,25H,2,7-10H2,1H3. The zero-order valence-electron chi connectivity index (χ0n) is 15.0. The van der Waals surface area contributed by atoms with Crippen molar-refractivity contribution in [1.82, 2.24) is 4.90 Å². The van der Waals surface area contributed by atoms with Gasteiger partial charge in [-0.15, -0.1) is 0 Å². The predicted octanol–water partition coefficient (Wildman–Crippen LogP) is 5.00. The van der Waals surface area contributed by atoms with Crippen molar-refractivity contribution < 1.29 is 14.7 Å². The molecular formula is C21H21Cl2NO3. The molecule has 0 atom stereocenters. The molecule has 1 amide bonds. The van der Waals surface area contributed by atoms with Crippen molar-refractivity contribution in [2.75, 3.05) is 13.1 Å². The normalized spacial score (nSPS) is 15.0. The number of nitrogens with zero attached hydrogens (tertiary/aromatic N) is 1. The predicted molar refractivity (Wildman–Crippen MR) is 107 cm³/mol. The number of hydrogen-bond donors (Lipinski definition) is 1. The fourth-order valence-electron chi connectivity index (χ4n) is 3.37. The maximum absolute atomic E-state index is 12.8. The fraction of sp³-hybridized carbons (Fsp3) is 0.333. The summed E-state index contributed by atoms with van der Waals surface area (Å²) >= 11 is 11.9. The Bertz CT molecular complexity index is 874. The Kier molecular flexibility index (Phi) is 6.08. The van der Waals surface area contributed by atoms with Gasteiger partial charge in [0.25, 0.3) is 5.91 Å². The van der Waals surface area contributed by atoms with E-state index in [1.807, 2.05) is 13.0 Å². The van der Waals surface area contributed by atoms with E-state index in [-0.39, 0.29) is 23.4 Å². The van der Waals surface area contributed by atoms with Crippen LogP contribution in [0.2, 0.25) is 10.0 Å². The number of aromatic hydroxyl groups is 1. The van der Waals surface area contributed by atoms with Gasteiger partial charge in [-0.2, -0.15) is 0 Å². The maximum atomic E-state index is 12.8. The molecule has 6 heteroatoms. The average Bonchev–Trinajstić information content (AvgIpc) is 2.69. The lowest BCUT2D eigenvalue weighted by molar-refractivity contribution is 0.0647. The van der Waals surface area contributed by atoms with E-state index in [9.17, 15) is 14.7 Å². The first kappa shape index (κ1) is 19.7. The summed E-state index contributed by atoms with van der Waals surface area (Å²) in [5, 5.41) is 10.8. The van der Waals surface area contributed by atoms with Gasteiger partial charge in [-0.1, -0.05) is 36.2 Å². The second kappa shape index (κ2) is 8.32. The van der Waals surface area contributed by atoms with Crippen molar-refractivity contribution in [2.24, 2.45) is 5.92 Å². The van der Waals surface area contributed by atoms with Crippen molar-refractivity contribution >= 4 is 34.9 Å². The molecule has 1 heterocycles. The van der Waals surface area contributed by atoms with Gasteiger partial charge < -0.3 is 10.0 Å². The van der Waals surface area contributed by atoms with Gasteiger partial charge in [0, 0.05) is 24.6 Å². The second-order valence-electron chi connectivity index (χ2n) is 6.76. The summed E-state index contributed by atoms with van der Waals surface area (Å²) in [6.45, 7) is 2.96. The molecule has 0 saturated carbocycles. The number of piperidine rings is 1. The van der Waals surface area contributed by atoms with E-state index in [1.54, 1.807) is 35.2 Å². The van der Waals surface area contributed by atoms with Gasteiger partial charge in [0.2, 0.25) is 0 Å². The number of carbonyl (C=O) groups is 2. The first-order valence-corrected chi connectivity index (χ1v) is 9.76. The summed E-state index contributed by atoms with van der Waals surface area (Å²) in [5.41, 5.74) is 1.87. The van der Waals surface area contributed by atoms with Crippen molar-refractivity contribution in [2.45, 2.75) is 26.2 Å². The number of rotatable bonds is 4. The number of phenolic OH excluding ortho intramolecular Hbond substituents is 1. The average molecular weight is 406 g/mol. The Morgan fingerprint density at radius 1 is 1.07 bits per heavy atom. The molecule has 1 saturated heterocycles. The summed E-state index contributed by atoms with van der Waals surface area (Å²) in [4.78, 5) is 27.2. The third-order valence-corrected chi connectivity index (χ3v) is 5.80. The number of aryl methyl sites for hydroxylation is 1. The van der Waals surface area contributed by atoms with Crippen LogP contribution in [-0.2, 0) is 6.42 Å². The number of likely N-dealkylation sites (tertiary alicyclic amines) is 1. The lowest BCUT2D eigenvalue weighted by Gasteiger charge is -2.31. The molecule has 0 aliphatic carbocycles. The molecule has 0 spiro atoms. The molecule has 142 valence electrons. The molecule has 27 heavy (non-hydrogen) atoms. The lowest BCUT2D eigenvalue weighted by Crippen LogP contribution is -2.40. The molecule has 1 fully saturated rings. The Hall–Kier alpha value is -2.04. The number of halogens is 2. The van der Waals surface area contributed by atoms with Crippen LogP contribution in [0.15, 0.2) is 36.4 Å². The lowest BCUT2D eigenvalue weighted by atomic mass is 9.88.